The van der Waals surface area contributed by atoms with E-state index in [-0.39, 0.29) is 18.0 Å². The fraction of sp³-hybridized carbons (Fsp3) is 0.174. The Hall–Kier alpha value is -4.05. The highest BCUT2D eigenvalue weighted by Crippen LogP contribution is 2.27. The number of carbonyl (C=O) groups excluding carboxylic acids is 2. The molecular formula is C23H21N5O4S. The maximum Gasteiger partial charge on any atom is 0.262 e. The van der Waals surface area contributed by atoms with Crippen LogP contribution in [0, 0.1) is 6.92 Å². The number of ether oxygens (including phenoxy) is 1. The Morgan fingerprint density at radius 2 is 2.00 bits per heavy atom. The monoisotopic (exact) mass is 463 g/mol. The topological polar surface area (TPSA) is 115 Å². The third kappa shape index (κ3) is 4.75. The second-order valence-electron chi connectivity index (χ2n) is 7.21. The number of fused-ring (bicyclic) bond motifs is 1. The van der Waals surface area contributed by atoms with E-state index in [0.29, 0.717) is 38.6 Å². The predicted molar refractivity (Wildman–Crippen MR) is 126 cm³/mol. The van der Waals surface area contributed by atoms with Crippen molar-refractivity contribution in [3.63, 3.8) is 0 Å². The smallest absolute Gasteiger partial charge is 0.262 e. The number of hydrogen-bond donors (Lipinski definition) is 2. The van der Waals surface area contributed by atoms with Gasteiger partial charge in [-0.25, -0.2) is 4.98 Å². The predicted octanol–water partition coefficient (Wildman–Crippen LogP) is 2.74. The number of methoxy groups -OCH3 is 1. The minimum absolute atomic E-state index is 0.225. The zero-order valence-corrected chi connectivity index (χ0v) is 18.8. The number of hydrogen-bond acceptors (Lipinski definition) is 7. The lowest BCUT2D eigenvalue weighted by Gasteiger charge is -2.10. The van der Waals surface area contributed by atoms with Gasteiger partial charge in [-0.15, -0.1) is 11.3 Å². The number of aryl methyl sites for hydroxylation is 1. The molecular weight excluding hydrogens is 442 g/mol. The molecule has 0 saturated heterocycles. The summed E-state index contributed by atoms with van der Waals surface area (Å²) in [5.74, 6) is -0.174. The maximum absolute atomic E-state index is 13.1. The zero-order valence-electron chi connectivity index (χ0n) is 18.0. The van der Waals surface area contributed by atoms with Crippen LogP contribution in [0.4, 0.5) is 5.69 Å². The molecule has 0 radical (unpaired) electrons. The molecule has 3 aromatic heterocycles. The second kappa shape index (κ2) is 9.61. The molecule has 4 aromatic rings. The quantitative estimate of drug-likeness (QED) is 0.436. The number of nitrogens with zero attached hydrogens (tertiary/aromatic N) is 3. The van der Waals surface area contributed by atoms with Gasteiger partial charge in [0, 0.05) is 18.9 Å². The van der Waals surface area contributed by atoms with Crippen molar-refractivity contribution in [2.75, 3.05) is 12.4 Å². The molecule has 2 amide bonds. The summed E-state index contributed by atoms with van der Waals surface area (Å²) in [7, 11) is 1.51. The molecule has 1 aromatic carbocycles. The molecule has 4 rings (SSSR count). The van der Waals surface area contributed by atoms with Gasteiger partial charge in [-0.2, -0.15) is 0 Å². The summed E-state index contributed by atoms with van der Waals surface area (Å²) < 4.78 is 6.46. The molecule has 0 unspecified atom stereocenters. The van der Waals surface area contributed by atoms with Gasteiger partial charge < -0.3 is 15.4 Å². The molecule has 168 valence electrons. The van der Waals surface area contributed by atoms with Gasteiger partial charge in [0.05, 0.1) is 29.4 Å². The Morgan fingerprint density at radius 1 is 1.18 bits per heavy atom. The summed E-state index contributed by atoms with van der Waals surface area (Å²) in [5, 5.41) is 5.91. The Balaban J connectivity index is 1.53. The molecule has 3 heterocycles. The van der Waals surface area contributed by atoms with Crippen LogP contribution in [-0.4, -0.2) is 33.5 Å². The Morgan fingerprint density at radius 3 is 2.76 bits per heavy atom. The van der Waals surface area contributed by atoms with Gasteiger partial charge in [0.1, 0.15) is 17.1 Å². The lowest BCUT2D eigenvalue weighted by atomic mass is 10.2. The van der Waals surface area contributed by atoms with E-state index >= 15 is 0 Å². The molecule has 0 aliphatic rings. The summed E-state index contributed by atoms with van der Waals surface area (Å²) in [6.45, 7) is 1.80. The lowest BCUT2D eigenvalue weighted by Crippen LogP contribution is -2.28. The Bertz CT molecular complexity index is 1380. The van der Waals surface area contributed by atoms with Crippen LogP contribution in [0.2, 0.25) is 0 Å². The fourth-order valence-corrected chi connectivity index (χ4v) is 4.40. The fourth-order valence-electron chi connectivity index (χ4n) is 3.35. The molecule has 10 heteroatoms. The van der Waals surface area contributed by atoms with Gasteiger partial charge in [0.15, 0.2) is 0 Å². The lowest BCUT2D eigenvalue weighted by molar-refractivity contribution is -0.116. The average Bonchev–Trinajstić information content (AvgIpc) is 3.17. The van der Waals surface area contributed by atoms with Crippen molar-refractivity contribution in [2.24, 2.45) is 0 Å². The first-order valence-corrected chi connectivity index (χ1v) is 10.9. The normalized spacial score (nSPS) is 10.7. The summed E-state index contributed by atoms with van der Waals surface area (Å²) >= 11 is 1.15. The van der Waals surface area contributed by atoms with E-state index in [1.807, 2.05) is 6.07 Å². The number of carbonyl (C=O) groups is 2. The molecule has 0 saturated carbocycles. The highest BCUT2D eigenvalue weighted by molar-refractivity contribution is 7.20. The third-order valence-electron chi connectivity index (χ3n) is 4.99. The number of pyridine rings is 1. The highest BCUT2D eigenvalue weighted by Gasteiger charge is 2.20. The summed E-state index contributed by atoms with van der Waals surface area (Å²) in [6.07, 6.45) is 4.66. The number of aromatic nitrogens is 3. The average molecular weight is 464 g/mol. The number of amides is 2. The van der Waals surface area contributed by atoms with Gasteiger partial charge in [-0.1, -0.05) is 18.2 Å². The largest absolute Gasteiger partial charge is 0.495 e. The van der Waals surface area contributed by atoms with E-state index in [0.717, 1.165) is 16.9 Å². The molecule has 0 fully saturated rings. The van der Waals surface area contributed by atoms with Crippen molar-refractivity contribution >= 4 is 39.1 Å². The first-order valence-electron chi connectivity index (χ1n) is 10.1. The van der Waals surface area contributed by atoms with Crippen LogP contribution in [0.15, 0.2) is 59.9 Å². The van der Waals surface area contributed by atoms with E-state index in [9.17, 15) is 14.4 Å². The van der Waals surface area contributed by atoms with E-state index in [1.165, 1.54) is 18.0 Å². The minimum atomic E-state index is -0.398. The molecule has 0 aliphatic carbocycles. The molecule has 0 bridgehead atoms. The van der Waals surface area contributed by atoms with Crippen LogP contribution in [0.25, 0.3) is 10.2 Å². The van der Waals surface area contributed by atoms with Gasteiger partial charge in [-0.05, 0) is 36.2 Å². The van der Waals surface area contributed by atoms with Gasteiger partial charge >= 0.3 is 0 Å². The second-order valence-corrected chi connectivity index (χ2v) is 8.21. The highest BCUT2D eigenvalue weighted by atomic mass is 32.1. The van der Waals surface area contributed by atoms with Crippen molar-refractivity contribution in [1.82, 2.24) is 19.9 Å². The van der Waals surface area contributed by atoms with E-state index < -0.39 is 5.91 Å². The number of anilines is 1. The molecule has 2 N–H and O–H groups in total. The first kappa shape index (κ1) is 22.2. The van der Waals surface area contributed by atoms with Crippen molar-refractivity contribution in [3.05, 3.63) is 81.5 Å². The molecule has 0 spiro atoms. The van der Waals surface area contributed by atoms with E-state index in [1.54, 1.807) is 49.6 Å². The third-order valence-corrected chi connectivity index (χ3v) is 6.19. The SMILES string of the molecule is COc1ccccc1NC(=O)Cn1cnc2sc(C(=O)NCc3cccnc3)c(C)c2c1=O. The van der Waals surface area contributed by atoms with Crippen molar-refractivity contribution in [2.45, 2.75) is 20.0 Å². The van der Waals surface area contributed by atoms with Crippen LogP contribution >= 0.6 is 11.3 Å². The maximum atomic E-state index is 13.1. The summed E-state index contributed by atoms with van der Waals surface area (Å²) in [6, 6.07) is 10.7. The zero-order chi connectivity index (χ0) is 23.4. The van der Waals surface area contributed by atoms with E-state index in [2.05, 4.69) is 20.6 Å². The van der Waals surface area contributed by atoms with E-state index in [4.69, 9.17) is 4.74 Å². The van der Waals surface area contributed by atoms with Crippen LogP contribution < -0.4 is 20.9 Å². The number of rotatable bonds is 7. The van der Waals surface area contributed by atoms with Crippen molar-refractivity contribution in [1.29, 1.82) is 0 Å². The number of para-hydroxylation sites is 2. The number of nitrogens with one attached hydrogen (secondary N) is 2. The van der Waals surface area contributed by atoms with Gasteiger partial charge in [0.2, 0.25) is 5.91 Å². The molecule has 33 heavy (non-hydrogen) atoms. The van der Waals surface area contributed by atoms with Crippen molar-refractivity contribution in [3.8, 4) is 5.75 Å². The number of benzene rings is 1. The summed E-state index contributed by atoms with van der Waals surface area (Å²) in [5.41, 5.74) is 1.53. The molecule has 0 aliphatic heterocycles. The molecule has 9 nitrogen and oxygen atoms in total. The number of thiophene rings is 1. The van der Waals surface area contributed by atoms with Crippen molar-refractivity contribution < 1.29 is 14.3 Å². The van der Waals surface area contributed by atoms with Gasteiger partial charge in [0.25, 0.3) is 11.5 Å². The van der Waals surface area contributed by atoms with Crippen LogP contribution in [0.1, 0.15) is 20.8 Å². The first-order chi connectivity index (χ1) is 16.0. The van der Waals surface area contributed by atoms with Crippen LogP contribution in [-0.2, 0) is 17.9 Å². The standard InChI is InChI=1S/C23H21N5O4S/c1-14-19-22(33-20(14)21(30)25-11-15-6-5-9-24-10-15)26-13-28(23(19)31)12-18(29)27-16-7-3-4-8-17(16)32-2/h3-10,13H,11-12H2,1-2H3,(H,25,30)(H,27,29). The molecule has 0 atom stereocenters. The van der Waals surface area contributed by atoms with Crippen LogP contribution in [0.3, 0.4) is 0 Å². The van der Waals surface area contributed by atoms with Crippen LogP contribution in [0.5, 0.6) is 5.75 Å². The Kier molecular flexibility index (Phi) is 6.45. The Labute approximate surface area is 193 Å². The van der Waals surface area contributed by atoms with Gasteiger partial charge in [-0.3, -0.25) is 23.9 Å². The summed E-state index contributed by atoms with van der Waals surface area (Å²) in [4.78, 5) is 47.5. The minimum Gasteiger partial charge on any atom is -0.495 e.